The summed E-state index contributed by atoms with van der Waals surface area (Å²) in [4.78, 5) is 23.0. The van der Waals surface area contributed by atoms with Crippen molar-refractivity contribution in [1.29, 1.82) is 0 Å². The van der Waals surface area contributed by atoms with Crippen molar-refractivity contribution >= 4 is 11.9 Å². The fraction of sp³-hybridized carbons (Fsp3) is 0.478. The third-order valence-corrected chi connectivity index (χ3v) is 4.31. The maximum absolute atomic E-state index is 11.6. The quantitative estimate of drug-likeness (QED) is 0.342. The van der Waals surface area contributed by atoms with Crippen molar-refractivity contribution in [2.24, 2.45) is 0 Å². The summed E-state index contributed by atoms with van der Waals surface area (Å²) in [6.07, 6.45) is -0.486. The Morgan fingerprint density at radius 3 is 2.28 bits per heavy atom. The second-order valence-corrected chi connectivity index (χ2v) is 7.41. The second kappa shape index (κ2) is 12.7. The lowest BCUT2D eigenvalue weighted by Gasteiger charge is -2.15. The molecule has 0 spiro atoms. The second-order valence-electron chi connectivity index (χ2n) is 7.41. The summed E-state index contributed by atoms with van der Waals surface area (Å²) in [5.41, 5.74) is 2.49. The van der Waals surface area contributed by atoms with Gasteiger partial charge in [0.05, 0.1) is 37.8 Å². The molecule has 2 rings (SSSR count). The van der Waals surface area contributed by atoms with Gasteiger partial charge in [-0.15, -0.1) is 5.10 Å². The molecule has 0 N–H and O–H groups in total. The summed E-state index contributed by atoms with van der Waals surface area (Å²) in [7, 11) is 0. The highest BCUT2D eigenvalue weighted by atomic mass is 16.6. The first-order valence-corrected chi connectivity index (χ1v) is 10.5. The molecule has 9 nitrogen and oxygen atoms in total. The van der Waals surface area contributed by atoms with Crippen LogP contribution in [0.4, 0.5) is 0 Å². The van der Waals surface area contributed by atoms with Crippen molar-refractivity contribution in [3.63, 3.8) is 0 Å². The highest BCUT2D eigenvalue weighted by molar-refractivity contribution is 5.87. The van der Waals surface area contributed by atoms with Gasteiger partial charge < -0.3 is 18.9 Å². The van der Waals surface area contributed by atoms with Gasteiger partial charge in [0.1, 0.15) is 17.9 Å². The van der Waals surface area contributed by atoms with E-state index in [0.29, 0.717) is 17.7 Å². The molecule has 1 heterocycles. The number of benzene rings is 1. The number of nitrogens with zero attached hydrogens (tertiary/aromatic N) is 3. The van der Waals surface area contributed by atoms with Crippen LogP contribution in [-0.4, -0.2) is 52.4 Å². The van der Waals surface area contributed by atoms with E-state index in [2.05, 4.69) is 16.9 Å². The van der Waals surface area contributed by atoms with Crippen LogP contribution >= 0.6 is 0 Å². The zero-order chi connectivity index (χ0) is 23.5. The van der Waals surface area contributed by atoms with Crippen LogP contribution in [0, 0.1) is 0 Å². The number of hydrogen-bond donors (Lipinski definition) is 0. The lowest BCUT2D eigenvalue weighted by atomic mass is 10.3. The Morgan fingerprint density at radius 2 is 1.66 bits per heavy atom. The number of carbonyl (C=O) groups excluding carboxylic acids is 2. The van der Waals surface area contributed by atoms with Crippen LogP contribution in [0.5, 0.6) is 0 Å². The first kappa shape index (κ1) is 25.2. The van der Waals surface area contributed by atoms with E-state index < -0.39 is 12.1 Å². The summed E-state index contributed by atoms with van der Waals surface area (Å²) >= 11 is 0. The normalized spacial score (nSPS) is 12.8. The molecule has 1 aromatic heterocycles. The van der Waals surface area contributed by atoms with Gasteiger partial charge in [-0.3, -0.25) is 4.79 Å². The molecule has 9 heteroatoms. The zero-order valence-electron chi connectivity index (χ0n) is 19.1. The third kappa shape index (κ3) is 7.90. The summed E-state index contributed by atoms with van der Waals surface area (Å²) in [6.45, 7) is 11.2. The highest BCUT2D eigenvalue weighted by Crippen LogP contribution is 2.16. The molecule has 0 radical (unpaired) electrons. The molecule has 0 amide bonds. The highest BCUT2D eigenvalue weighted by Gasteiger charge is 2.17. The minimum Gasteiger partial charge on any atom is -0.460 e. The van der Waals surface area contributed by atoms with Gasteiger partial charge in [0, 0.05) is 12.0 Å². The van der Waals surface area contributed by atoms with E-state index in [-0.39, 0.29) is 38.5 Å². The average Bonchev–Trinajstić information content (AvgIpc) is 3.16. The topological polar surface area (TPSA) is 102 Å². The van der Waals surface area contributed by atoms with Crippen LogP contribution in [0.3, 0.4) is 0 Å². The Bertz CT molecular complexity index is 896. The zero-order valence-corrected chi connectivity index (χ0v) is 19.1. The maximum atomic E-state index is 11.6. The van der Waals surface area contributed by atoms with Crippen molar-refractivity contribution in [1.82, 2.24) is 15.0 Å². The molecule has 0 fully saturated rings. The number of carbonyl (C=O) groups is 2. The summed E-state index contributed by atoms with van der Waals surface area (Å²) in [5, 5.41) is 8.48. The predicted octanol–water partition coefficient (Wildman–Crippen LogP) is 3.15. The predicted molar refractivity (Wildman–Crippen MR) is 117 cm³/mol. The van der Waals surface area contributed by atoms with Gasteiger partial charge in [0.25, 0.3) is 0 Å². The number of ether oxygens (including phenoxy) is 4. The maximum Gasteiger partial charge on any atom is 0.333 e. The largest absolute Gasteiger partial charge is 0.460 e. The van der Waals surface area contributed by atoms with Crippen LogP contribution in [-0.2, 0) is 41.8 Å². The summed E-state index contributed by atoms with van der Waals surface area (Å²) in [5.74, 6) is -0.726. The van der Waals surface area contributed by atoms with Crippen LogP contribution < -0.4 is 0 Å². The Labute approximate surface area is 188 Å². The fourth-order valence-electron chi connectivity index (χ4n) is 2.67. The van der Waals surface area contributed by atoms with E-state index in [1.807, 2.05) is 30.3 Å². The van der Waals surface area contributed by atoms with Crippen LogP contribution in [0.1, 0.15) is 45.5 Å². The van der Waals surface area contributed by atoms with Crippen molar-refractivity contribution < 1.29 is 28.5 Å². The number of para-hydroxylation sites is 1. The van der Waals surface area contributed by atoms with E-state index in [1.54, 1.807) is 32.4 Å². The number of rotatable bonds is 13. The SMILES string of the molecule is C=C(C)C(=O)OC(C)COCc1nnn(-c2ccccc2)c1COCC(C)OC(=O)CC. The standard InChI is InChI=1S/C23H31N3O6/c1-6-22(27)31-17(4)12-30-15-21-20(14-29-13-18(5)32-23(28)16(2)3)24-25-26(21)19-10-8-7-9-11-19/h7-11,17-18H,2,6,12-15H2,1,3-5H3. The number of hydrogen-bond acceptors (Lipinski definition) is 8. The summed E-state index contributed by atoms with van der Waals surface area (Å²) in [6, 6.07) is 9.54. The molecule has 0 aliphatic carbocycles. The third-order valence-electron chi connectivity index (χ3n) is 4.31. The Morgan fingerprint density at radius 1 is 1.03 bits per heavy atom. The molecular formula is C23H31N3O6. The molecule has 1 aromatic carbocycles. The van der Waals surface area contributed by atoms with Crippen molar-refractivity contribution in [2.75, 3.05) is 13.2 Å². The van der Waals surface area contributed by atoms with E-state index in [0.717, 1.165) is 11.4 Å². The van der Waals surface area contributed by atoms with Gasteiger partial charge in [-0.1, -0.05) is 36.9 Å². The van der Waals surface area contributed by atoms with Crippen molar-refractivity contribution in [2.45, 2.75) is 59.5 Å². The van der Waals surface area contributed by atoms with E-state index in [4.69, 9.17) is 18.9 Å². The van der Waals surface area contributed by atoms with Gasteiger partial charge in [0.2, 0.25) is 0 Å². The van der Waals surface area contributed by atoms with Crippen molar-refractivity contribution in [3.05, 3.63) is 53.9 Å². The Balaban J connectivity index is 2.02. The van der Waals surface area contributed by atoms with Crippen LogP contribution in [0.2, 0.25) is 0 Å². The molecule has 174 valence electrons. The molecule has 0 saturated heterocycles. The Kier molecular flexibility index (Phi) is 10.0. The molecule has 32 heavy (non-hydrogen) atoms. The average molecular weight is 446 g/mol. The van der Waals surface area contributed by atoms with E-state index >= 15 is 0 Å². The lowest BCUT2D eigenvalue weighted by molar-refractivity contribution is -0.151. The monoisotopic (exact) mass is 445 g/mol. The molecule has 0 aliphatic heterocycles. The van der Waals surface area contributed by atoms with Gasteiger partial charge in [-0.25, -0.2) is 9.48 Å². The van der Waals surface area contributed by atoms with Gasteiger partial charge >= 0.3 is 11.9 Å². The van der Waals surface area contributed by atoms with Crippen LogP contribution in [0.25, 0.3) is 5.69 Å². The minimum atomic E-state index is -0.455. The van der Waals surface area contributed by atoms with Gasteiger partial charge in [0.15, 0.2) is 0 Å². The van der Waals surface area contributed by atoms with Gasteiger partial charge in [-0.2, -0.15) is 0 Å². The molecular weight excluding hydrogens is 414 g/mol. The minimum absolute atomic E-state index is 0.168. The smallest absolute Gasteiger partial charge is 0.333 e. The molecule has 0 aliphatic rings. The lowest BCUT2D eigenvalue weighted by Crippen LogP contribution is -2.21. The molecule has 2 atom stereocenters. The molecule has 2 aromatic rings. The van der Waals surface area contributed by atoms with E-state index in [1.165, 1.54) is 0 Å². The molecule has 0 saturated carbocycles. The molecule has 0 bridgehead atoms. The number of aromatic nitrogens is 3. The fourth-order valence-corrected chi connectivity index (χ4v) is 2.67. The van der Waals surface area contributed by atoms with E-state index in [9.17, 15) is 9.59 Å². The molecule has 2 unspecified atom stereocenters. The van der Waals surface area contributed by atoms with Crippen molar-refractivity contribution in [3.8, 4) is 5.69 Å². The summed E-state index contributed by atoms with van der Waals surface area (Å²) < 4.78 is 23.6. The van der Waals surface area contributed by atoms with Crippen LogP contribution in [0.15, 0.2) is 42.5 Å². The first-order valence-electron chi connectivity index (χ1n) is 10.5. The Hall–Kier alpha value is -3.04. The number of esters is 2. The first-order chi connectivity index (χ1) is 15.3. The van der Waals surface area contributed by atoms with Gasteiger partial charge in [-0.05, 0) is 32.9 Å².